The number of carbonyl (C=O) groups excluding carboxylic acids is 1. The fourth-order valence-electron chi connectivity index (χ4n) is 2.16. The number of rotatable bonds is 5. The molecule has 0 aromatic carbocycles. The van der Waals surface area contributed by atoms with Crippen molar-refractivity contribution in [1.82, 2.24) is 5.32 Å². The molecule has 0 aliphatic heterocycles. The molecule has 1 saturated carbocycles. The summed E-state index contributed by atoms with van der Waals surface area (Å²) in [7, 11) is 0. The van der Waals surface area contributed by atoms with Crippen LogP contribution in [0.1, 0.15) is 39.5 Å². The lowest BCUT2D eigenvalue weighted by Gasteiger charge is -2.28. The van der Waals surface area contributed by atoms with E-state index in [1.54, 1.807) is 6.92 Å². The Bertz CT molecular complexity index is 280. The minimum absolute atomic E-state index is 0.129. The minimum atomic E-state index is -1.04. The molecule has 0 spiro atoms. The molecule has 5 nitrogen and oxygen atoms in total. The van der Waals surface area contributed by atoms with E-state index in [0.717, 1.165) is 19.3 Å². The van der Waals surface area contributed by atoms with Crippen LogP contribution in [0.15, 0.2) is 0 Å². The molecule has 5 heteroatoms. The maximum absolute atomic E-state index is 11.5. The molecule has 1 aliphatic rings. The Morgan fingerprint density at radius 3 is 2.76 bits per heavy atom. The van der Waals surface area contributed by atoms with Crippen LogP contribution >= 0.6 is 0 Å². The van der Waals surface area contributed by atoms with Gasteiger partial charge < -0.3 is 15.2 Å². The molecule has 0 aromatic rings. The van der Waals surface area contributed by atoms with Gasteiger partial charge in [0.1, 0.15) is 12.6 Å². The summed E-state index contributed by atoms with van der Waals surface area (Å²) in [6.07, 6.45) is 3.88. The fraction of sp³-hybridized carbons (Fsp3) is 0.833. The standard InChI is InChI=1S/C12H21NO4/c1-8-4-3-5-10(6-8)17-9(2)12(16)13-7-11(14)15/h8-10H,3-7H2,1-2H3,(H,13,16)(H,14,15)/t8-,9-,10-/m1/s1. The third kappa shape index (κ3) is 5.17. The van der Waals surface area contributed by atoms with Gasteiger partial charge in [-0.05, 0) is 25.7 Å². The van der Waals surface area contributed by atoms with E-state index < -0.39 is 12.1 Å². The predicted octanol–water partition coefficient (Wildman–Crippen LogP) is 1.17. The maximum Gasteiger partial charge on any atom is 0.322 e. The topological polar surface area (TPSA) is 75.6 Å². The van der Waals surface area contributed by atoms with Crippen molar-refractivity contribution in [2.24, 2.45) is 5.92 Å². The van der Waals surface area contributed by atoms with Crippen LogP contribution in [0.3, 0.4) is 0 Å². The fourth-order valence-corrected chi connectivity index (χ4v) is 2.16. The van der Waals surface area contributed by atoms with Crippen molar-refractivity contribution in [1.29, 1.82) is 0 Å². The molecule has 0 unspecified atom stereocenters. The largest absolute Gasteiger partial charge is 0.480 e. The van der Waals surface area contributed by atoms with Gasteiger partial charge in [0, 0.05) is 0 Å². The number of nitrogens with one attached hydrogen (secondary N) is 1. The molecule has 0 bridgehead atoms. The molecule has 3 atom stereocenters. The average molecular weight is 243 g/mol. The zero-order valence-corrected chi connectivity index (χ0v) is 10.4. The summed E-state index contributed by atoms with van der Waals surface area (Å²) in [6, 6.07) is 0. The number of ether oxygens (including phenoxy) is 1. The molecule has 1 fully saturated rings. The lowest BCUT2D eigenvalue weighted by molar-refractivity contribution is -0.142. The van der Waals surface area contributed by atoms with Crippen LogP contribution < -0.4 is 5.32 Å². The predicted molar refractivity (Wildman–Crippen MR) is 62.6 cm³/mol. The van der Waals surface area contributed by atoms with Crippen LogP contribution in [0.25, 0.3) is 0 Å². The first-order valence-corrected chi connectivity index (χ1v) is 6.14. The smallest absolute Gasteiger partial charge is 0.322 e. The van der Waals surface area contributed by atoms with Gasteiger partial charge in [-0.3, -0.25) is 9.59 Å². The van der Waals surface area contributed by atoms with E-state index in [1.807, 2.05) is 0 Å². The summed E-state index contributed by atoms with van der Waals surface area (Å²) < 4.78 is 5.65. The number of hydrogen-bond donors (Lipinski definition) is 2. The van der Waals surface area contributed by atoms with E-state index in [0.29, 0.717) is 5.92 Å². The number of carboxylic acid groups (broad SMARTS) is 1. The highest BCUT2D eigenvalue weighted by molar-refractivity contribution is 5.84. The Labute approximate surface area is 102 Å². The first kappa shape index (κ1) is 14.0. The molecule has 1 rings (SSSR count). The molecule has 98 valence electrons. The number of aliphatic carboxylic acids is 1. The van der Waals surface area contributed by atoms with Gasteiger partial charge in [-0.15, -0.1) is 0 Å². The molecular weight excluding hydrogens is 222 g/mol. The second-order valence-electron chi connectivity index (χ2n) is 4.78. The Kier molecular flexibility index (Phi) is 5.41. The lowest BCUT2D eigenvalue weighted by Crippen LogP contribution is -2.40. The summed E-state index contributed by atoms with van der Waals surface area (Å²) in [6.45, 7) is 3.49. The summed E-state index contributed by atoms with van der Waals surface area (Å²) in [5.74, 6) is -0.759. The molecule has 0 heterocycles. The molecule has 0 aromatic heterocycles. The SMILES string of the molecule is C[C@@H]1CCC[C@@H](O[C@H](C)C(=O)NCC(=O)O)C1. The zero-order chi connectivity index (χ0) is 12.8. The van der Waals surface area contributed by atoms with Crippen molar-refractivity contribution >= 4 is 11.9 Å². The number of carbonyl (C=O) groups is 2. The van der Waals surface area contributed by atoms with Gasteiger partial charge in [-0.25, -0.2) is 0 Å². The first-order valence-electron chi connectivity index (χ1n) is 6.14. The van der Waals surface area contributed by atoms with Gasteiger partial charge in [0.05, 0.1) is 6.10 Å². The highest BCUT2D eigenvalue weighted by Gasteiger charge is 2.24. The lowest BCUT2D eigenvalue weighted by atomic mass is 9.88. The quantitative estimate of drug-likeness (QED) is 0.760. The van der Waals surface area contributed by atoms with Crippen molar-refractivity contribution in [2.75, 3.05) is 6.54 Å². The Morgan fingerprint density at radius 2 is 2.18 bits per heavy atom. The van der Waals surface area contributed by atoms with Crippen LogP contribution in [0, 0.1) is 5.92 Å². The highest BCUT2D eigenvalue weighted by Crippen LogP contribution is 2.26. The monoisotopic (exact) mass is 243 g/mol. The third-order valence-corrected chi connectivity index (χ3v) is 3.07. The van der Waals surface area contributed by atoms with Gasteiger partial charge in [-0.1, -0.05) is 19.8 Å². The van der Waals surface area contributed by atoms with Crippen LogP contribution in [0.4, 0.5) is 0 Å². The van der Waals surface area contributed by atoms with Crippen LogP contribution in [0.5, 0.6) is 0 Å². The third-order valence-electron chi connectivity index (χ3n) is 3.07. The Hall–Kier alpha value is -1.10. The summed E-state index contributed by atoms with van der Waals surface area (Å²) in [4.78, 5) is 21.8. The Morgan fingerprint density at radius 1 is 1.47 bits per heavy atom. The zero-order valence-electron chi connectivity index (χ0n) is 10.4. The van der Waals surface area contributed by atoms with Crippen molar-refractivity contribution < 1.29 is 19.4 Å². The van der Waals surface area contributed by atoms with Crippen molar-refractivity contribution in [3.63, 3.8) is 0 Å². The van der Waals surface area contributed by atoms with Crippen LogP contribution in [0.2, 0.25) is 0 Å². The highest BCUT2D eigenvalue weighted by atomic mass is 16.5. The molecule has 0 saturated heterocycles. The second-order valence-corrected chi connectivity index (χ2v) is 4.78. The molecule has 2 N–H and O–H groups in total. The second kappa shape index (κ2) is 6.59. The molecular formula is C12H21NO4. The van der Waals surface area contributed by atoms with Crippen LogP contribution in [-0.4, -0.2) is 35.7 Å². The summed E-state index contributed by atoms with van der Waals surface area (Å²) >= 11 is 0. The summed E-state index contributed by atoms with van der Waals surface area (Å²) in [5.41, 5.74) is 0. The maximum atomic E-state index is 11.5. The number of carboxylic acids is 1. The molecule has 17 heavy (non-hydrogen) atoms. The molecule has 0 radical (unpaired) electrons. The van der Waals surface area contributed by atoms with E-state index >= 15 is 0 Å². The van der Waals surface area contributed by atoms with Gasteiger partial charge in [0.15, 0.2) is 0 Å². The average Bonchev–Trinajstić information content (AvgIpc) is 2.25. The van der Waals surface area contributed by atoms with Crippen molar-refractivity contribution in [3.05, 3.63) is 0 Å². The Balaban J connectivity index is 2.29. The van der Waals surface area contributed by atoms with Gasteiger partial charge in [0.25, 0.3) is 0 Å². The van der Waals surface area contributed by atoms with Gasteiger partial charge in [0.2, 0.25) is 5.91 Å². The number of amides is 1. The van der Waals surface area contributed by atoms with Crippen molar-refractivity contribution in [2.45, 2.75) is 51.7 Å². The van der Waals surface area contributed by atoms with E-state index in [4.69, 9.17) is 9.84 Å². The van der Waals surface area contributed by atoms with Crippen molar-refractivity contribution in [3.8, 4) is 0 Å². The first-order chi connectivity index (χ1) is 7.99. The van der Waals surface area contributed by atoms with Gasteiger partial charge >= 0.3 is 5.97 Å². The van der Waals surface area contributed by atoms with E-state index in [9.17, 15) is 9.59 Å². The number of hydrogen-bond acceptors (Lipinski definition) is 3. The summed E-state index contributed by atoms with van der Waals surface area (Å²) in [5, 5.41) is 10.8. The van der Waals surface area contributed by atoms with E-state index in [-0.39, 0.29) is 18.6 Å². The normalized spacial score (nSPS) is 26.2. The molecule has 1 aliphatic carbocycles. The van der Waals surface area contributed by atoms with E-state index in [2.05, 4.69) is 12.2 Å². The molecule has 1 amide bonds. The van der Waals surface area contributed by atoms with E-state index in [1.165, 1.54) is 6.42 Å². The van der Waals surface area contributed by atoms with Gasteiger partial charge in [-0.2, -0.15) is 0 Å². The van der Waals surface area contributed by atoms with Crippen LogP contribution in [-0.2, 0) is 14.3 Å². The minimum Gasteiger partial charge on any atom is -0.480 e.